The number of benzene rings is 2. The second-order valence-corrected chi connectivity index (χ2v) is 5.27. The molecule has 2 rings (SSSR count). The lowest BCUT2D eigenvalue weighted by atomic mass is 10.1. The topological polar surface area (TPSA) is 49.3 Å². The number of nitrogens with one attached hydrogen (secondary N) is 1. The minimum Gasteiger partial charge on any atom is -0.478 e. The molecule has 0 radical (unpaired) electrons. The van der Waals surface area contributed by atoms with E-state index in [2.05, 4.69) is 21.2 Å². The number of rotatable bonds is 4. The Morgan fingerprint density at radius 1 is 1.21 bits per heavy atom. The Kier molecular flexibility index (Phi) is 4.45. The van der Waals surface area contributed by atoms with Crippen molar-refractivity contribution in [3.8, 4) is 0 Å². The molecule has 0 bridgehead atoms. The number of hydrogen-bond acceptors (Lipinski definition) is 2. The molecule has 5 heteroatoms. The van der Waals surface area contributed by atoms with Gasteiger partial charge in [-0.3, -0.25) is 0 Å². The van der Waals surface area contributed by atoms with E-state index >= 15 is 0 Å². The van der Waals surface area contributed by atoms with Crippen LogP contribution in [0.25, 0.3) is 0 Å². The Morgan fingerprint density at radius 2 is 1.89 bits per heavy atom. The lowest BCUT2D eigenvalue weighted by molar-refractivity contribution is 0.0698. The summed E-state index contributed by atoms with van der Waals surface area (Å²) in [6.45, 7) is 0.536. The summed E-state index contributed by atoms with van der Waals surface area (Å²) in [6, 6.07) is 12.8. The quantitative estimate of drug-likeness (QED) is 0.866. The Labute approximate surface area is 124 Å². The molecule has 0 amide bonds. The maximum atomic E-state index is 11.2. The zero-order valence-electron chi connectivity index (χ0n) is 9.86. The van der Waals surface area contributed by atoms with Crippen LogP contribution < -0.4 is 5.32 Å². The van der Waals surface area contributed by atoms with E-state index in [0.29, 0.717) is 12.2 Å². The summed E-state index contributed by atoms with van der Waals surface area (Å²) in [6.07, 6.45) is 0. The second kappa shape index (κ2) is 6.08. The van der Waals surface area contributed by atoms with Crippen LogP contribution >= 0.6 is 27.5 Å². The van der Waals surface area contributed by atoms with Crippen molar-refractivity contribution < 1.29 is 9.90 Å². The van der Waals surface area contributed by atoms with Crippen LogP contribution in [0.4, 0.5) is 5.69 Å². The van der Waals surface area contributed by atoms with Gasteiger partial charge in [-0.25, -0.2) is 4.79 Å². The van der Waals surface area contributed by atoms with Crippen molar-refractivity contribution in [2.24, 2.45) is 0 Å². The molecule has 0 saturated carbocycles. The molecule has 2 aromatic carbocycles. The molecule has 2 aromatic rings. The molecule has 0 atom stereocenters. The van der Waals surface area contributed by atoms with Gasteiger partial charge in [-0.2, -0.15) is 0 Å². The highest BCUT2D eigenvalue weighted by molar-refractivity contribution is 9.10. The molecule has 2 N–H and O–H groups in total. The lowest BCUT2D eigenvalue weighted by Crippen LogP contribution is -2.07. The largest absolute Gasteiger partial charge is 0.478 e. The van der Waals surface area contributed by atoms with Crippen LogP contribution in [0, 0.1) is 0 Å². The summed E-state index contributed by atoms with van der Waals surface area (Å²) in [5, 5.41) is 12.5. The second-order valence-electron chi connectivity index (χ2n) is 3.95. The van der Waals surface area contributed by atoms with E-state index in [1.165, 1.54) is 0 Å². The number of anilines is 1. The molecule has 0 aliphatic heterocycles. The molecule has 0 fully saturated rings. The molecule has 0 aliphatic rings. The first-order chi connectivity index (χ1) is 9.08. The summed E-state index contributed by atoms with van der Waals surface area (Å²) in [7, 11) is 0. The van der Waals surface area contributed by atoms with E-state index in [1.54, 1.807) is 18.2 Å². The van der Waals surface area contributed by atoms with Crippen molar-refractivity contribution >= 4 is 39.2 Å². The van der Waals surface area contributed by atoms with E-state index in [-0.39, 0.29) is 10.6 Å². The fourth-order valence-electron chi connectivity index (χ4n) is 1.69. The molecule has 0 aromatic heterocycles. The molecule has 19 heavy (non-hydrogen) atoms. The average Bonchev–Trinajstić information content (AvgIpc) is 2.37. The van der Waals surface area contributed by atoms with Gasteiger partial charge in [0.25, 0.3) is 0 Å². The number of carboxylic acids is 1. The number of aromatic carboxylic acids is 1. The van der Waals surface area contributed by atoms with Crippen LogP contribution in [0.2, 0.25) is 5.02 Å². The van der Waals surface area contributed by atoms with Gasteiger partial charge in [-0.15, -0.1) is 0 Å². The standard InChI is InChI=1S/C14H11BrClNO2/c15-10-6-4-9(5-7-10)8-17-12-3-1-2-11(16)13(12)14(18)19/h1-7,17H,8H2,(H,18,19). The first-order valence-electron chi connectivity index (χ1n) is 5.58. The van der Waals surface area contributed by atoms with Gasteiger partial charge >= 0.3 is 5.97 Å². The van der Waals surface area contributed by atoms with Crippen LogP contribution in [-0.2, 0) is 6.54 Å². The highest BCUT2D eigenvalue weighted by Gasteiger charge is 2.13. The summed E-state index contributed by atoms with van der Waals surface area (Å²) < 4.78 is 1.00. The SMILES string of the molecule is O=C(O)c1c(Cl)cccc1NCc1ccc(Br)cc1. The van der Waals surface area contributed by atoms with Crippen molar-refractivity contribution in [2.75, 3.05) is 5.32 Å². The third kappa shape index (κ3) is 3.49. The molecular weight excluding hydrogens is 330 g/mol. The average molecular weight is 341 g/mol. The molecule has 0 unspecified atom stereocenters. The highest BCUT2D eigenvalue weighted by atomic mass is 79.9. The fourth-order valence-corrected chi connectivity index (χ4v) is 2.21. The lowest BCUT2D eigenvalue weighted by Gasteiger charge is -2.10. The van der Waals surface area contributed by atoms with E-state index in [9.17, 15) is 4.79 Å². The maximum absolute atomic E-state index is 11.2. The van der Waals surface area contributed by atoms with Crippen molar-refractivity contribution in [3.05, 3.63) is 63.1 Å². The Hall–Kier alpha value is -1.52. The molecule has 98 valence electrons. The summed E-state index contributed by atoms with van der Waals surface area (Å²) in [4.78, 5) is 11.2. The van der Waals surface area contributed by atoms with E-state index in [1.807, 2.05) is 24.3 Å². The predicted octanol–water partition coefficient (Wildman–Crippen LogP) is 4.41. The van der Waals surface area contributed by atoms with Crippen LogP contribution in [0.3, 0.4) is 0 Å². The van der Waals surface area contributed by atoms with E-state index in [0.717, 1.165) is 10.0 Å². The van der Waals surface area contributed by atoms with Crippen molar-refractivity contribution in [2.45, 2.75) is 6.54 Å². The Bertz CT molecular complexity index is 599. The van der Waals surface area contributed by atoms with Gasteiger partial charge in [0.05, 0.1) is 10.7 Å². The van der Waals surface area contributed by atoms with Crippen molar-refractivity contribution in [1.29, 1.82) is 0 Å². The normalized spacial score (nSPS) is 10.2. The summed E-state index contributed by atoms with van der Waals surface area (Å²) >= 11 is 9.27. The van der Waals surface area contributed by atoms with Gasteiger partial charge in [-0.05, 0) is 29.8 Å². The molecule has 0 spiro atoms. The minimum atomic E-state index is -1.04. The van der Waals surface area contributed by atoms with Gasteiger partial charge in [0.2, 0.25) is 0 Å². The van der Waals surface area contributed by atoms with Crippen LogP contribution in [0.15, 0.2) is 46.9 Å². The predicted molar refractivity (Wildman–Crippen MR) is 79.9 cm³/mol. The van der Waals surface area contributed by atoms with Crippen molar-refractivity contribution in [3.63, 3.8) is 0 Å². The first-order valence-corrected chi connectivity index (χ1v) is 6.75. The van der Waals surface area contributed by atoms with Crippen LogP contribution in [0.5, 0.6) is 0 Å². The maximum Gasteiger partial charge on any atom is 0.339 e. The number of halogens is 2. The smallest absolute Gasteiger partial charge is 0.339 e. The number of carboxylic acid groups (broad SMARTS) is 1. The molecular formula is C14H11BrClNO2. The summed E-state index contributed by atoms with van der Waals surface area (Å²) in [5.74, 6) is -1.04. The van der Waals surface area contributed by atoms with Gasteiger partial charge in [0.15, 0.2) is 0 Å². The third-order valence-electron chi connectivity index (χ3n) is 2.62. The Morgan fingerprint density at radius 3 is 2.53 bits per heavy atom. The van der Waals surface area contributed by atoms with E-state index < -0.39 is 5.97 Å². The summed E-state index contributed by atoms with van der Waals surface area (Å²) in [5.41, 5.74) is 1.67. The minimum absolute atomic E-state index is 0.0984. The highest BCUT2D eigenvalue weighted by Crippen LogP contribution is 2.25. The van der Waals surface area contributed by atoms with Gasteiger partial charge in [-0.1, -0.05) is 45.7 Å². The molecule has 0 heterocycles. The van der Waals surface area contributed by atoms with Crippen molar-refractivity contribution in [1.82, 2.24) is 0 Å². The Balaban J connectivity index is 2.18. The number of carbonyl (C=O) groups is 1. The first kappa shape index (κ1) is 13.9. The molecule has 3 nitrogen and oxygen atoms in total. The third-order valence-corrected chi connectivity index (χ3v) is 3.47. The number of hydrogen-bond donors (Lipinski definition) is 2. The molecule has 0 aliphatic carbocycles. The van der Waals surface area contributed by atoms with Gasteiger partial charge < -0.3 is 10.4 Å². The van der Waals surface area contributed by atoms with Crippen LogP contribution in [0.1, 0.15) is 15.9 Å². The zero-order chi connectivity index (χ0) is 13.8. The monoisotopic (exact) mass is 339 g/mol. The van der Waals surface area contributed by atoms with Crippen LogP contribution in [-0.4, -0.2) is 11.1 Å². The molecule has 0 saturated heterocycles. The zero-order valence-corrected chi connectivity index (χ0v) is 12.2. The van der Waals surface area contributed by atoms with Gasteiger partial charge in [0, 0.05) is 11.0 Å². The van der Waals surface area contributed by atoms with E-state index in [4.69, 9.17) is 16.7 Å². The van der Waals surface area contributed by atoms with Gasteiger partial charge in [0.1, 0.15) is 5.56 Å². The fraction of sp³-hybridized carbons (Fsp3) is 0.0714.